The van der Waals surface area contributed by atoms with Gasteiger partial charge in [0.25, 0.3) is 5.91 Å². The lowest BCUT2D eigenvalue weighted by atomic mass is 10.0. The first-order valence-corrected chi connectivity index (χ1v) is 8.28. The number of carbonyl (C=O) groups excluding carboxylic acids is 1. The van der Waals surface area contributed by atoms with E-state index in [4.69, 9.17) is 22.1 Å². The number of carboxylic acid groups (broad SMARTS) is 1. The van der Waals surface area contributed by atoms with Crippen molar-refractivity contribution in [3.8, 4) is 5.75 Å². The van der Waals surface area contributed by atoms with Crippen LogP contribution in [-0.2, 0) is 9.59 Å². The monoisotopic (exact) mass is 359 g/mol. The molecular formula is C17H13NO4S2. The number of hydrogen-bond donors (Lipinski definition) is 1. The molecule has 0 bridgehead atoms. The van der Waals surface area contributed by atoms with Crippen LogP contribution in [0.15, 0.2) is 41.3 Å². The predicted octanol–water partition coefficient (Wildman–Crippen LogP) is 3.13. The van der Waals surface area contributed by atoms with E-state index in [2.05, 4.69) is 0 Å². The minimum Gasteiger partial charge on any atom is -0.481 e. The van der Waals surface area contributed by atoms with Gasteiger partial charge in [0.15, 0.2) is 6.61 Å². The van der Waals surface area contributed by atoms with Crippen molar-refractivity contribution in [2.75, 3.05) is 13.7 Å². The van der Waals surface area contributed by atoms with E-state index in [1.807, 2.05) is 30.3 Å². The van der Waals surface area contributed by atoms with Crippen molar-refractivity contribution in [2.24, 2.45) is 0 Å². The first-order chi connectivity index (χ1) is 11.5. The predicted molar refractivity (Wildman–Crippen MR) is 98.0 cm³/mol. The van der Waals surface area contributed by atoms with Crippen molar-refractivity contribution in [2.45, 2.75) is 0 Å². The van der Waals surface area contributed by atoms with Crippen LogP contribution in [0, 0.1) is 0 Å². The van der Waals surface area contributed by atoms with E-state index < -0.39 is 12.6 Å². The summed E-state index contributed by atoms with van der Waals surface area (Å²) >= 11 is 6.36. The molecule has 0 radical (unpaired) electrons. The molecule has 1 aliphatic heterocycles. The molecule has 3 rings (SSSR count). The second kappa shape index (κ2) is 6.62. The van der Waals surface area contributed by atoms with E-state index >= 15 is 0 Å². The van der Waals surface area contributed by atoms with Crippen LogP contribution in [0.3, 0.4) is 0 Å². The van der Waals surface area contributed by atoms with Gasteiger partial charge in [-0.05, 0) is 22.9 Å². The number of nitrogens with zero attached hydrogens (tertiary/aromatic N) is 1. The highest BCUT2D eigenvalue weighted by atomic mass is 32.2. The average molecular weight is 359 g/mol. The third-order valence-corrected chi connectivity index (χ3v) is 5.03. The summed E-state index contributed by atoms with van der Waals surface area (Å²) in [6, 6.07) is 11.2. The highest BCUT2D eigenvalue weighted by Gasteiger charge is 2.29. The maximum absolute atomic E-state index is 12.2. The zero-order chi connectivity index (χ0) is 17.3. The zero-order valence-corrected chi connectivity index (χ0v) is 14.3. The first-order valence-electron chi connectivity index (χ1n) is 7.05. The summed E-state index contributed by atoms with van der Waals surface area (Å²) in [6.45, 7) is -0.450. The molecule has 1 aliphatic rings. The Morgan fingerprint density at radius 1 is 1.33 bits per heavy atom. The molecule has 0 aliphatic carbocycles. The van der Waals surface area contributed by atoms with E-state index in [1.165, 1.54) is 16.7 Å². The summed E-state index contributed by atoms with van der Waals surface area (Å²) in [4.78, 5) is 25.0. The zero-order valence-electron chi connectivity index (χ0n) is 12.7. The number of likely N-dealkylation sites (N-methyl/N-ethyl adjacent to an activating group) is 1. The van der Waals surface area contributed by atoms with Gasteiger partial charge in [0.1, 0.15) is 10.1 Å². The van der Waals surface area contributed by atoms with Gasteiger partial charge in [0.2, 0.25) is 0 Å². The number of thioether (sulfide) groups is 1. The molecule has 0 saturated carbocycles. The first kappa shape index (κ1) is 16.5. The molecule has 1 fully saturated rings. The number of thiocarbonyl (C=S) groups is 1. The molecule has 7 heteroatoms. The fraction of sp³-hybridized carbons (Fsp3) is 0.118. The molecule has 2 aromatic carbocycles. The lowest BCUT2D eigenvalue weighted by Crippen LogP contribution is -2.22. The molecule has 1 amide bonds. The molecule has 0 unspecified atom stereocenters. The van der Waals surface area contributed by atoms with Crippen molar-refractivity contribution in [1.29, 1.82) is 0 Å². The maximum Gasteiger partial charge on any atom is 0.341 e. The number of rotatable bonds is 4. The summed E-state index contributed by atoms with van der Waals surface area (Å²) in [7, 11) is 1.63. The van der Waals surface area contributed by atoms with Gasteiger partial charge >= 0.3 is 5.97 Å². The van der Waals surface area contributed by atoms with Gasteiger partial charge in [-0.2, -0.15) is 0 Å². The lowest BCUT2D eigenvalue weighted by molar-refractivity contribution is -0.139. The van der Waals surface area contributed by atoms with Gasteiger partial charge < -0.3 is 9.84 Å². The molecule has 1 N–H and O–H groups in total. The Morgan fingerprint density at radius 3 is 2.75 bits per heavy atom. The Labute approximate surface area is 147 Å². The van der Waals surface area contributed by atoms with Gasteiger partial charge in [-0.1, -0.05) is 54.3 Å². The standard InChI is InChI=1S/C17H13NO4S2/c1-18-16(21)14(24-17(18)23)8-12-11-5-3-2-4-10(11)6-7-13(12)22-9-15(19)20/h2-8H,9H2,1H3,(H,19,20)/b14-8-. The van der Waals surface area contributed by atoms with Gasteiger partial charge in [0.05, 0.1) is 4.91 Å². The second-order valence-corrected chi connectivity index (χ2v) is 6.80. The third kappa shape index (κ3) is 3.13. The van der Waals surface area contributed by atoms with Crippen LogP contribution in [0.25, 0.3) is 16.8 Å². The van der Waals surface area contributed by atoms with Crippen molar-refractivity contribution >= 4 is 57.0 Å². The van der Waals surface area contributed by atoms with Crippen LogP contribution in [0.2, 0.25) is 0 Å². The van der Waals surface area contributed by atoms with Crippen molar-refractivity contribution in [3.63, 3.8) is 0 Å². The normalized spacial score (nSPS) is 16.2. The Morgan fingerprint density at radius 2 is 2.08 bits per heavy atom. The van der Waals surface area contributed by atoms with E-state index in [0.717, 1.165) is 10.8 Å². The Kier molecular flexibility index (Phi) is 4.55. The summed E-state index contributed by atoms with van der Waals surface area (Å²) < 4.78 is 5.88. The number of ether oxygens (including phenoxy) is 1. The Balaban J connectivity index is 2.13. The molecule has 5 nitrogen and oxygen atoms in total. The van der Waals surface area contributed by atoms with Crippen LogP contribution < -0.4 is 4.74 Å². The maximum atomic E-state index is 12.2. The van der Waals surface area contributed by atoms with Crippen LogP contribution >= 0.6 is 24.0 Å². The average Bonchev–Trinajstić information content (AvgIpc) is 2.81. The molecule has 0 aromatic heterocycles. The molecule has 2 aromatic rings. The fourth-order valence-electron chi connectivity index (χ4n) is 2.37. The molecule has 0 atom stereocenters. The Hall–Kier alpha value is -2.38. The molecular weight excluding hydrogens is 346 g/mol. The van der Waals surface area contributed by atoms with E-state index in [-0.39, 0.29) is 5.91 Å². The quantitative estimate of drug-likeness (QED) is 0.668. The molecule has 1 heterocycles. The van der Waals surface area contributed by atoms with Gasteiger partial charge in [-0.3, -0.25) is 9.69 Å². The van der Waals surface area contributed by atoms with Gasteiger partial charge in [0, 0.05) is 12.6 Å². The molecule has 24 heavy (non-hydrogen) atoms. The van der Waals surface area contributed by atoms with Crippen LogP contribution in [0.1, 0.15) is 5.56 Å². The summed E-state index contributed by atoms with van der Waals surface area (Å²) in [5.41, 5.74) is 0.670. The summed E-state index contributed by atoms with van der Waals surface area (Å²) in [5, 5.41) is 10.7. The number of fused-ring (bicyclic) bond motifs is 1. The number of hydrogen-bond acceptors (Lipinski definition) is 5. The number of benzene rings is 2. The lowest BCUT2D eigenvalue weighted by Gasteiger charge is -2.11. The van der Waals surface area contributed by atoms with Crippen molar-refractivity contribution < 1.29 is 19.4 Å². The van der Waals surface area contributed by atoms with Gasteiger partial charge in [-0.25, -0.2) is 4.79 Å². The minimum absolute atomic E-state index is 0.179. The number of carbonyl (C=O) groups is 2. The topological polar surface area (TPSA) is 66.8 Å². The summed E-state index contributed by atoms with van der Waals surface area (Å²) in [6.07, 6.45) is 1.71. The number of amides is 1. The number of carboxylic acids is 1. The fourth-order valence-corrected chi connectivity index (χ4v) is 3.53. The SMILES string of the molecule is CN1C(=O)/C(=C/c2c(OCC(=O)O)ccc3ccccc23)SC1=S. The van der Waals surface area contributed by atoms with Crippen LogP contribution in [0.5, 0.6) is 5.75 Å². The van der Waals surface area contributed by atoms with Gasteiger partial charge in [-0.15, -0.1) is 0 Å². The molecule has 122 valence electrons. The molecule has 0 spiro atoms. The number of aliphatic carboxylic acids is 1. The largest absolute Gasteiger partial charge is 0.481 e. The third-order valence-electron chi connectivity index (χ3n) is 3.54. The van der Waals surface area contributed by atoms with Crippen molar-refractivity contribution in [3.05, 3.63) is 46.9 Å². The highest BCUT2D eigenvalue weighted by Crippen LogP contribution is 2.36. The smallest absolute Gasteiger partial charge is 0.341 e. The van der Waals surface area contributed by atoms with E-state index in [0.29, 0.717) is 20.5 Å². The second-order valence-electron chi connectivity index (χ2n) is 5.12. The van der Waals surface area contributed by atoms with Crippen LogP contribution in [0.4, 0.5) is 0 Å². The minimum atomic E-state index is -1.06. The Bertz CT molecular complexity index is 891. The van der Waals surface area contributed by atoms with E-state index in [1.54, 1.807) is 19.2 Å². The van der Waals surface area contributed by atoms with Crippen molar-refractivity contribution in [1.82, 2.24) is 4.90 Å². The molecule has 1 saturated heterocycles. The summed E-state index contributed by atoms with van der Waals surface area (Å²) in [5.74, 6) is -0.825. The van der Waals surface area contributed by atoms with E-state index in [9.17, 15) is 9.59 Å². The highest BCUT2D eigenvalue weighted by molar-refractivity contribution is 8.26. The van der Waals surface area contributed by atoms with Crippen LogP contribution in [-0.4, -0.2) is 39.9 Å².